The number of benzene rings is 1. The number of aryl methyl sites for hydroxylation is 1. The molecule has 8 nitrogen and oxygen atoms in total. The van der Waals surface area contributed by atoms with Gasteiger partial charge in [-0.1, -0.05) is 18.2 Å². The van der Waals surface area contributed by atoms with E-state index < -0.39 is 11.8 Å². The highest BCUT2D eigenvalue weighted by Gasteiger charge is 2.21. The van der Waals surface area contributed by atoms with Crippen molar-refractivity contribution in [3.63, 3.8) is 0 Å². The molecule has 0 saturated heterocycles. The summed E-state index contributed by atoms with van der Waals surface area (Å²) in [6.45, 7) is 1.81. The van der Waals surface area contributed by atoms with Crippen LogP contribution in [0.1, 0.15) is 26.6 Å². The summed E-state index contributed by atoms with van der Waals surface area (Å²) < 4.78 is 7.24. The van der Waals surface area contributed by atoms with Crippen LogP contribution in [-0.4, -0.2) is 26.6 Å². The number of nitrogens with zero attached hydrogens (tertiary/aromatic N) is 2. The fraction of sp³-hybridized carbons (Fsp3) is 0.0500. The number of aromatic amines is 1. The van der Waals surface area contributed by atoms with E-state index in [1.54, 1.807) is 41.3 Å². The van der Waals surface area contributed by atoms with Crippen LogP contribution >= 0.6 is 0 Å². The second-order valence-electron chi connectivity index (χ2n) is 6.07. The van der Waals surface area contributed by atoms with Crippen molar-refractivity contribution in [2.24, 2.45) is 0 Å². The van der Waals surface area contributed by atoms with E-state index in [0.29, 0.717) is 22.9 Å². The number of hydrogen-bond acceptors (Lipinski definition) is 4. The molecule has 0 aliphatic carbocycles. The molecule has 0 atom stereocenters. The van der Waals surface area contributed by atoms with E-state index in [0.717, 1.165) is 5.69 Å². The Kier molecular flexibility index (Phi) is 4.51. The largest absolute Gasteiger partial charge is 0.460 e. The number of H-pyrrole nitrogens is 1. The molecule has 3 N–H and O–H groups in total. The first-order valence-electron chi connectivity index (χ1n) is 8.58. The first kappa shape index (κ1) is 17.3. The Morgan fingerprint density at radius 3 is 2.46 bits per heavy atom. The van der Waals surface area contributed by atoms with Gasteiger partial charge < -0.3 is 9.40 Å². The Morgan fingerprint density at radius 1 is 1.00 bits per heavy atom. The van der Waals surface area contributed by atoms with E-state index in [4.69, 9.17) is 4.42 Å². The summed E-state index contributed by atoms with van der Waals surface area (Å²) in [7, 11) is 0. The molecule has 3 aromatic heterocycles. The van der Waals surface area contributed by atoms with Crippen molar-refractivity contribution in [3.05, 3.63) is 84.0 Å². The fourth-order valence-electron chi connectivity index (χ4n) is 2.72. The third-order valence-corrected chi connectivity index (χ3v) is 4.09. The molecule has 8 heteroatoms. The van der Waals surface area contributed by atoms with Gasteiger partial charge in [0.05, 0.1) is 11.3 Å². The van der Waals surface area contributed by atoms with Crippen LogP contribution in [0.5, 0.6) is 0 Å². The molecule has 0 unspecified atom stereocenters. The number of rotatable bonds is 4. The number of carbonyl (C=O) groups is 2. The van der Waals surface area contributed by atoms with Crippen LogP contribution in [0.15, 0.2) is 71.4 Å². The van der Waals surface area contributed by atoms with Crippen LogP contribution in [-0.2, 0) is 0 Å². The lowest BCUT2D eigenvalue weighted by molar-refractivity contribution is 0.0844. The van der Waals surface area contributed by atoms with Gasteiger partial charge in [0.2, 0.25) is 0 Å². The molecule has 2 amide bonds. The SMILES string of the molecule is Cc1ccc(-c2nn(-c3ccccc3)cc2C(=O)NNC(=O)c2ccc[nH]2)o1. The van der Waals surface area contributed by atoms with Gasteiger partial charge in [-0.3, -0.25) is 20.4 Å². The van der Waals surface area contributed by atoms with Crippen molar-refractivity contribution in [1.29, 1.82) is 0 Å². The first-order chi connectivity index (χ1) is 13.6. The average Bonchev–Trinajstić information content (AvgIpc) is 3.46. The summed E-state index contributed by atoms with van der Waals surface area (Å²) in [4.78, 5) is 27.5. The molecule has 0 spiro atoms. The Hall–Kier alpha value is -4.07. The topological polar surface area (TPSA) is 105 Å². The molecule has 1 aromatic carbocycles. The van der Waals surface area contributed by atoms with Crippen molar-refractivity contribution in [2.75, 3.05) is 0 Å². The summed E-state index contributed by atoms with van der Waals surface area (Å²) in [6, 6.07) is 16.2. The minimum atomic E-state index is -0.508. The van der Waals surface area contributed by atoms with Gasteiger partial charge in [-0.25, -0.2) is 4.68 Å². The van der Waals surface area contributed by atoms with Crippen molar-refractivity contribution >= 4 is 11.8 Å². The molecule has 0 radical (unpaired) electrons. The molecule has 0 fully saturated rings. The highest BCUT2D eigenvalue weighted by atomic mass is 16.3. The molecule has 3 heterocycles. The molecule has 0 aliphatic rings. The minimum Gasteiger partial charge on any atom is -0.460 e. The molecule has 0 aliphatic heterocycles. The van der Waals surface area contributed by atoms with Crippen LogP contribution in [0, 0.1) is 6.92 Å². The average molecular weight is 375 g/mol. The number of furan rings is 1. The first-order valence-corrected chi connectivity index (χ1v) is 8.58. The maximum absolute atomic E-state index is 12.7. The van der Waals surface area contributed by atoms with E-state index in [1.807, 2.05) is 37.3 Å². The number of aromatic nitrogens is 3. The van der Waals surface area contributed by atoms with E-state index in [9.17, 15) is 9.59 Å². The number of para-hydroxylation sites is 1. The van der Waals surface area contributed by atoms with Gasteiger partial charge in [0.1, 0.15) is 17.1 Å². The highest BCUT2D eigenvalue weighted by molar-refractivity contribution is 6.01. The van der Waals surface area contributed by atoms with Crippen molar-refractivity contribution in [1.82, 2.24) is 25.6 Å². The van der Waals surface area contributed by atoms with Gasteiger partial charge in [0, 0.05) is 12.4 Å². The zero-order valence-corrected chi connectivity index (χ0v) is 15.0. The number of hydrogen-bond donors (Lipinski definition) is 3. The molecule has 140 valence electrons. The second-order valence-corrected chi connectivity index (χ2v) is 6.07. The molecule has 4 aromatic rings. The summed E-state index contributed by atoms with van der Waals surface area (Å²) in [6.07, 6.45) is 3.22. The number of hydrazine groups is 1. The van der Waals surface area contributed by atoms with Crippen molar-refractivity contribution < 1.29 is 14.0 Å². The van der Waals surface area contributed by atoms with Gasteiger partial charge in [-0.05, 0) is 43.3 Å². The van der Waals surface area contributed by atoms with E-state index in [-0.39, 0.29) is 5.56 Å². The third kappa shape index (κ3) is 3.43. The molecule has 4 rings (SSSR count). The molecule has 0 saturated carbocycles. The van der Waals surface area contributed by atoms with Gasteiger partial charge in [-0.15, -0.1) is 0 Å². The summed E-state index contributed by atoms with van der Waals surface area (Å²) in [5.41, 5.74) is 6.57. The normalized spacial score (nSPS) is 10.6. The third-order valence-electron chi connectivity index (χ3n) is 4.09. The predicted molar refractivity (Wildman–Crippen MR) is 102 cm³/mol. The van der Waals surface area contributed by atoms with Crippen LogP contribution < -0.4 is 10.9 Å². The molecule has 0 bridgehead atoms. The van der Waals surface area contributed by atoms with Gasteiger partial charge >= 0.3 is 0 Å². The van der Waals surface area contributed by atoms with Crippen molar-refractivity contribution in [3.8, 4) is 17.1 Å². The van der Waals surface area contributed by atoms with Gasteiger partial charge in [0.25, 0.3) is 11.8 Å². The van der Waals surface area contributed by atoms with Gasteiger partial charge in [-0.2, -0.15) is 5.10 Å². The quantitative estimate of drug-likeness (QED) is 0.477. The number of nitrogens with one attached hydrogen (secondary N) is 3. The number of carbonyl (C=O) groups excluding carboxylic acids is 2. The Morgan fingerprint density at radius 2 is 1.79 bits per heavy atom. The van der Waals surface area contributed by atoms with Crippen LogP contribution in [0.3, 0.4) is 0 Å². The highest BCUT2D eigenvalue weighted by Crippen LogP contribution is 2.25. The molecular formula is C20H17N5O3. The summed E-state index contributed by atoms with van der Waals surface area (Å²) >= 11 is 0. The minimum absolute atomic E-state index is 0.269. The van der Waals surface area contributed by atoms with E-state index in [1.165, 1.54) is 0 Å². The zero-order valence-electron chi connectivity index (χ0n) is 15.0. The summed E-state index contributed by atoms with van der Waals surface area (Å²) in [5, 5.41) is 4.51. The maximum Gasteiger partial charge on any atom is 0.286 e. The van der Waals surface area contributed by atoms with Crippen LogP contribution in [0.4, 0.5) is 0 Å². The zero-order chi connectivity index (χ0) is 19.5. The van der Waals surface area contributed by atoms with E-state index >= 15 is 0 Å². The smallest absolute Gasteiger partial charge is 0.286 e. The number of amides is 2. The Bertz CT molecular complexity index is 1110. The van der Waals surface area contributed by atoms with Crippen LogP contribution in [0.25, 0.3) is 17.1 Å². The van der Waals surface area contributed by atoms with Gasteiger partial charge in [0.15, 0.2) is 5.76 Å². The van der Waals surface area contributed by atoms with Crippen molar-refractivity contribution in [2.45, 2.75) is 6.92 Å². The molecule has 28 heavy (non-hydrogen) atoms. The van der Waals surface area contributed by atoms with E-state index in [2.05, 4.69) is 20.9 Å². The lowest BCUT2D eigenvalue weighted by Crippen LogP contribution is -2.41. The van der Waals surface area contributed by atoms with Crippen LogP contribution in [0.2, 0.25) is 0 Å². The summed E-state index contributed by atoms with van der Waals surface area (Å²) in [5.74, 6) is 0.207. The predicted octanol–water partition coefficient (Wildman–Crippen LogP) is 2.84. The monoisotopic (exact) mass is 375 g/mol. The fourth-order valence-corrected chi connectivity index (χ4v) is 2.72. The Labute approximate surface area is 160 Å². The Balaban J connectivity index is 1.63. The maximum atomic E-state index is 12.7. The lowest BCUT2D eigenvalue weighted by Gasteiger charge is -2.05. The molecular weight excluding hydrogens is 358 g/mol. The standard InChI is InChI=1S/C20H17N5O3/c1-13-9-10-17(28-13)18-15(12-25(24-18)14-6-3-2-4-7-14)19(26)22-23-20(27)16-8-5-11-21-16/h2-12,21H,1H3,(H,22,26)(H,23,27). The lowest BCUT2D eigenvalue weighted by atomic mass is 10.2. The second kappa shape index (κ2) is 7.28.